The standard InChI is InChI=1S/C16H15ClN2O4/c17-11-4-2-1-3-10(11)14(20)18-19-15(21)12-8-5-6-9(7-8)13(12)16(22)23/h1-6,8-9,12-13H,7H2,(H,18,20)(H,19,21)(H,22,23)/p-1/t8-,9-,12+,13-/m0/s1. The molecule has 0 saturated heterocycles. The number of benzene rings is 1. The van der Waals surface area contributed by atoms with Gasteiger partial charge in [-0.15, -0.1) is 0 Å². The molecule has 2 N–H and O–H groups in total. The van der Waals surface area contributed by atoms with Crippen LogP contribution in [-0.2, 0) is 9.59 Å². The van der Waals surface area contributed by atoms with Gasteiger partial charge in [0.05, 0.1) is 16.5 Å². The lowest BCUT2D eigenvalue weighted by Gasteiger charge is -2.27. The summed E-state index contributed by atoms with van der Waals surface area (Å²) in [6.07, 6.45) is 4.29. The Balaban J connectivity index is 1.66. The summed E-state index contributed by atoms with van der Waals surface area (Å²) in [5.74, 6) is -4.24. The summed E-state index contributed by atoms with van der Waals surface area (Å²) in [6, 6.07) is 6.42. The first-order valence-electron chi connectivity index (χ1n) is 7.23. The van der Waals surface area contributed by atoms with Crippen molar-refractivity contribution in [2.24, 2.45) is 23.7 Å². The maximum absolute atomic E-state index is 12.3. The average molecular weight is 334 g/mol. The quantitative estimate of drug-likeness (QED) is 0.613. The molecule has 2 aliphatic carbocycles. The summed E-state index contributed by atoms with van der Waals surface area (Å²) in [6.45, 7) is 0. The van der Waals surface area contributed by atoms with Crippen LogP contribution in [0.15, 0.2) is 36.4 Å². The Morgan fingerprint density at radius 1 is 1.04 bits per heavy atom. The lowest BCUT2D eigenvalue weighted by molar-refractivity contribution is -0.313. The third kappa shape index (κ3) is 2.82. The summed E-state index contributed by atoms with van der Waals surface area (Å²) >= 11 is 5.91. The molecule has 0 unspecified atom stereocenters. The van der Waals surface area contributed by atoms with Crippen molar-refractivity contribution >= 4 is 29.4 Å². The second-order valence-corrected chi connectivity index (χ2v) is 6.15. The van der Waals surface area contributed by atoms with E-state index in [1.807, 2.05) is 12.2 Å². The molecule has 23 heavy (non-hydrogen) atoms. The molecule has 0 heterocycles. The lowest BCUT2D eigenvalue weighted by Crippen LogP contribution is -2.50. The molecular weight excluding hydrogens is 320 g/mol. The van der Waals surface area contributed by atoms with E-state index in [9.17, 15) is 19.5 Å². The minimum atomic E-state index is -1.24. The first-order valence-corrected chi connectivity index (χ1v) is 7.60. The Morgan fingerprint density at radius 3 is 2.35 bits per heavy atom. The van der Waals surface area contributed by atoms with E-state index in [2.05, 4.69) is 10.9 Å². The van der Waals surface area contributed by atoms with E-state index >= 15 is 0 Å². The van der Waals surface area contributed by atoms with Gasteiger partial charge >= 0.3 is 0 Å². The molecular formula is C16H14ClN2O4-. The zero-order chi connectivity index (χ0) is 16.6. The molecule has 2 bridgehead atoms. The molecule has 120 valence electrons. The van der Waals surface area contributed by atoms with Gasteiger partial charge in [0.1, 0.15) is 0 Å². The van der Waals surface area contributed by atoms with Crippen LogP contribution in [0.5, 0.6) is 0 Å². The number of hydrogen-bond acceptors (Lipinski definition) is 4. The number of carbonyl (C=O) groups is 3. The Hall–Kier alpha value is -2.34. The predicted octanol–water partition coefficient (Wildman–Crippen LogP) is 0.289. The fraction of sp³-hybridized carbons (Fsp3) is 0.312. The van der Waals surface area contributed by atoms with E-state index < -0.39 is 29.6 Å². The van der Waals surface area contributed by atoms with Crippen molar-refractivity contribution in [2.45, 2.75) is 6.42 Å². The number of halogens is 1. The topological polar surface area (TPSA) is 98.3 Å². The number of nitrogens with one attached hydrogen (secondary N) is 2. The Labute approximate surface area is 137 Å². The molecule has 1 fully saturated rings. The highest BCUT2D eigenvalue weighted by molar-refractivity contribution is 6.33. The molecule has 1 aromatic carbocycles. The zero-order valence-corrected chi connectivity index (χ0v) is 12.7. The first kappa shape index (κ1) is 15.6. The van der Waals surface area contributed by atoms with Crippen LogP contribution in [0, 0.1) is 23.7 Å². The van der Waals surface area contributed by atoms with Crippen molar-refractivity contribution in [3.05, 3.63) is 47.0 Å². The molecule has 1 aromatic rings. The Morgan fingerprint density at radius 2 is 1.70 bits per heavy atom. The number of aliphatic carboxylic acids is 1. The predicted molar refractivity (Wildman–Crippen MR) is 79.8 cm³/mol. The third-order valence-electron chi connectivity index (χ3n) is 4.45. The smallest absolute Gasteiger partial charge is 0.271 e. The van der Waals surface area contributed by atoms with Crippen LogP contribution in [0.25, 0.3) is 0 Å². The van der Waals surface area contributed by atoms with Crippen LogP contribution in [0.4, 0.5) is 0 Å². The van der Waals surface area contributed by atoms with Crippen molar-refractivity contribution in [3.63, 3.8) is 0 Å². The highest BCUT2D eigenvalue weighted by atomic mass is 35.5. The molecule has 1 saturated carbocycles. The SMILES string of the molecule is O=C(NNC(=O)[C@H]1[C@@H](C(=O)[O-])[C@H]2C=C[C@H]1C2)c1ccccc1Cl. The monoisotopic (exact) mass is 333 g/mol. The van der Waals surface area contributed by atoms with Crippen molar-refractivity contribution in [1.82, 2.24) is 10.9 Å². The van der Waals surface area contributed by atoms with E-state index in [1.165, 1.54) is 6.07 Å². The van der Waals surface area contributed by atoms with E-state index in [0.29, 0.717) is 6.42 Å². The molecule has 2 amide bonds. The van der Waals surface area contributed by atoms with Gasteiger partial charge in [0.25, 0.3) is 5.91 Å². The van der Waals surface area contributed by atoms with E-state index in [4.69, 9.17) is 11.6 Å². The fourth-order valence-corrected chi connectivity index (χ4v) is 3.64. The van der Waals surface area contributed by atoms with Crippen LogP contribution in [-0.4, -0.2) is 17.8 Å². The first-order chi connectivity index (χ1) is 11.0. The molecule has 7 heteroatoms. The number of hydrazine groups is 1. The van der Waals surface area contributed by atoms with E-state index in [-0.39, 0.29) is 22.4 Å². The van der Waals surface area contributed by atoms with Gasteiger partial charge in [0.2, 0.25) is 5.91 Å². The molecule has 2 aliphatic rings. The van der Waals surface area contributed by atoms with Crippen molar-refractivity contribution in [2.75, 3.05) is 0 Å². The van der Waals surface area contributed by atoms with Gasteiger partial charge in [0.15, 0.2) is 0 Å². The van der Waals surface area contributed by atoms with Crippen molar-refractivity contribution in [1.29, 1.82) is 0 Å². The minimum Gasteiger partial charge on any atom is -0.550 e. The van der Waals surface area contributed by atoms with Crippen LogP contribution >= 0.6 is 11.6 Å². The number of carboxylic acid groups (broad SMARTS) is 1. The molecule has 0 radical (unpaired) electrons. The van der Waals surface area contributed by atoms with Gasteiger partial charge in [-0.05, 0) is 30.4 Å². The van der Waals surface area contributed by atoms with Crippen LogP contribution in [0.2, 0.25) is 5.02 Å². The summed E-state index contributed by atoms with van der Waals surface area (Å²) < 4.78 is 0. The maximum Gasteiger partial charge on any atom is 0.271 e. The number of hydrogen-bond donors (Lipinski definition) is 2. The molecule has 6 nitrogen and oxygen atoms in total. The number of amides is 2. The molecule has 3 rings (SSSR count). The summed E-state index contributed by atoms with van der Waals surface area (Å²) in [7, 11) is 0. The Kier molecular flexibility index (Phi) is 4.09. The highest BCUT2D eigenvalue weighted by Gasteiger charge is 2.48. The van der Waals surface area contributed by atoms with Crippen molar-refractivity contribution < 1.29 is 19.5 Å². The van der Waals surface area contributed by atoms with Crippen molar-refractivity contribution in [3.8, 4) is 0 Å². The second kappa shape index (κ2) is 6.04. The van der Waals surface area contributed by atoms with Gasteiger partial charge in [-0.2, -0.15) is 0 Å². The zero-order valence-electron chi connectivity index (χ0n) is 12.0. The maximum atomic E-state index is 12.3. The summed E-state index contributed by atoms with van der Waals surface area (Å²) in [5, 5.41) is 11.5. The van der Waals surface area contributed by atoms with Crippen LogP contribution < -0.4 is 16.0 Å². The highest BCUT2D eigenvalue weighted by Crippen LogP contribution is 2.47. The van der Waals surface area contributed by atoms with E-state index in [1.54, 1.807) is 18.2 Å². The number of fused-ring (bicyclic) bond motifs is 2. The number of allylic oxidation sites excluding steroid dienone is 2. The lowest BCUT2D eigenvalue weighted by atomic mass is 9.82. The van der Waals surface area contributed by atoms with Gasteiger partial charge in [-0.25, -0.2) is 0 Å². The van der Waals surface area contributed by atoms with Gasteiger partial charge in [-0.3, -0.25) is 20.4 Å². The van der Waals surface area contributed by atoms with Gasteiger partial charge in [0, 0.05) is 11.9 Å². The number of carboxylic acids is 1. The Bertz CT molecular complexity index is 703. The van der Waals surface area contributed by atoms with Gasteiger partial charge < -0.3 is 9.90 Å². The van der Waals surface area contributed by atoms with Crippen LogP contribution in [0.1, 0.15) is 16.8 Å². The van der Waals surface area contributed by atoms with E-state index in [0.717, 1.165) is 0 Å². The molecule has 0 aliphatic heterocycles. The normalized spacial score (nSPS) is 27.7. The molecule has 4 atom stereocenters. The largest absolute Gasteiger partial charge is 0.550 e. The molecule has 0 spiro atoms. The second-order valence-electron chi connectivity index (χ2n) is 5.74. The molecule has 0 aromatic heterocycles. The number of rotatable bonds is 3. The average Bonchev–Trinajstić information content (AvgIpc) is 3.13. The van der Waals surface area contributed by atoms with Gasteiger partial charge in [-0.1, -0.05) is 35.9 Å². The minimum absolute atomic E-state index is 0.139. The fourth-order valence-electron chi connectivity index (χ4n) is 3.42. The number of carbonyl (C=O) groups excluding carboxylic acids is 3. The van der Waals surface area contributed by atoms with Crippen LogP contribution in [0.3, 0.4) is 0 Å². The summed E-state index contributed by atoms with van der Waals surface area (Å²) in [5.41, 5.74) is 4.79. The summed E-state index contributed by atoms with van der Waals surface area (Å²) in [4.78, 5) is 35.6. The third-order valence-corrected chi connectivity index (χ3v) is 4.78.